The molecule has 2 rings (SSSR count). The number of cyclic esters (lactones) is 1. The normalized spacial score (nSPS) is 23.5. The number of nitrogens with zero attached hydrogens (tertiary/aromatic N) is 1. The first-order chi connectivity index (χ1) is 8.04. The fraction of sp³-hybridized carbons (Fsp3) is 0.417. The van der Waals surface area contributed by atoms with Crippen molar-refractivity contribution in [3.05, 3.63) is 28.5 Å². The van der Waals surface area contributed by atoms with E-state index in [0.29, 0.717) is 19.4 Å². The summed E-state index contributed by atoms with van der Waals surface area (Å²) in [6.45, 7) is 1.76. The average Bonchev–Trinajstić information content (AvgIpc) is 2.61. The van der Waals surface area contributed by atoms with Gasteiger partial charge in [0.25, 0.3) is 0 Å². The molecular formula is C12H12BrNO3. The molecule has 0 radical (unpaired) electrons. The van der Waals surface area contributed by atoms with Crippen LogP contribution in [0.1, 0.15) is 18.9 Å². The minimum atomic E-state index is -1.01. The lowest BCUT2D eigenvalue weighted by molar-refractivity contribution is -0.150. The fourth-order valence-corrected chi connectivity index (χ4v) is 2.48. The Hall–Kier alpha value is -1.23. The molecule has 17 heavy (non-hydrogen) atoms. The van der Waals surface area contributed by atoms with Gasteiger partial charge in [-0.05, 0) is 40.9 Å². The van der Waals surface area contributed by atoms with E-state index in [1.807, 2.05) is 6.07 Å². The van der Waals surface area contributed by atoms with Crippen molar-refractivity contribution in [3.63, 3.8) is 0 Å². The first-order valence-electron chi connectivity index (χ1n) is 5.32. The second-order valence-corrected chi connectivity index (χ2v) is 5.13. The lowest BCUT2D eigenvalue weighted by atomic mass is 9.77. The van der Waals surface area contributed by atoms with Gasteiger partial charge < -0.3 is 4.74 Å². The van der Waals surface area contributed by atoms with E-state index < -0.39 is 11.4 Å². The van der Waals surface area contributed by atoms with Crippen molar-refractivity contribution < 1.29 is 14.3 Å². The first kappa shape index (κ1) is 12.2. The number of esters is 1. The molecule has 4 nitrogen and oxygen atoms in total. The van der Waals surface area contributed by atoms with Crippen molar-refractivity contribution in [3.8, 4) is 0 Å². The first-order valence-corrected chi connectivity index (χ1v) is 6.11. The van der Waals surface area contributed by atoms with Gasteiger partial charge in [-0.1, -0.05) is 0 Å². The highest BCUT2D eigenvalue weighted by atomic mass is 79.9. The van der Waals surface area contributed by atoms with Crippen molar-refractivity contribution in [2.45, 2.75) is 19.8 Å². The van der Waals surface area contributed by atoms with E-state index in [9.17, 15) is 9.59 Å². The van der Waals surface area contributed by atoms with Gasteiger partial charge in [0.1, 0.15) is 11.2 Å². The number of ether oxygens (including phenoxy) is 1. The summed E-state index contributed by atoms with van der Waals surface area (Å²) in [6.07, 6.45) is 4.14. The van der Waals surface area contributed by atoms with Gasteiger partial charge in [-0.25, -0.2) is 0 Å². The zero-order valence-electron chi connectivity index (χ0n) is 9.40. The Morgan fingerprint density at radius 3 is 2.88 bits per heavy atom. The number of aromatic nitrogens is 1. The summed E-state index contributed by atoms with van der Waals surface area (Å²) in [6, 6.07) is 1.86. The van der Waals surface area contributed by atoms with Gasteiger partial charge in [-0.15, -0.1) is 0 Å². The maximum atomic E-state index is 11.8. The number of rotatable bonds is 3. The predicted molar refractivity (Wildman–Crippen MR) is 64.3 cm³/mol. The third-order valence-electron chi connectivity index (χ3n) is 3.09. The smallest absolute Gasteiger partial charge is 0.320 e. The Morgan fingerprint density at radius 1 is 1.59 bits per heavy atom. The number of halogens is 1. The van der Waals surface area contributed by atoms with Gasteiger partial charge in [-0.2, -0.15) is 0 Å². The van der Waals surface area contributed by atoms with Crippen LogP contribution in [0.4, 0.5) is 0 Å². The van der Waals surface area contributed by atoms with E-state index in [1.165, 1.54) is 6.92 Å². The van der Waals surface area contributed by atoms with Crippen LogP contribution < -0.4 is 0 Å². The van der Waals surface area contributed by atoms with Gasteiger partial charge in [0.2, 0.25) is 0 Å². The summed E-state index contributed by atoms with van der Waals surface area (Å²) in [7, 11) is 0. The molecule has 1 aromatic heterocycles. The Morgan fingerprint density at radius 2 is 2.35 bits per heavy atom. The van der Waals surface area contributed by atoms with Gasteiger partial charge in [-0.3, -0.25) is 14.6 Å². The molecule has 1 aromatic rings. The topological polar surface area (TPSA) is 56.3 Å². The second kappa shape index (κ2) is 4.56. The summed E-state index contributed by atoms with van der Waals surface area (Å²) in [5, 5.41) is 0. The van der Waals surface area contributed by atoms with E-state index in [0.717, 1.165) is 10.0 Å². The standard InChI is InChI=1S/C12H12BrNO3/c1-8(15)12(2-3-17-11(12)16)5-9-4-10(13)7-14-6-9/h4,6-7H,2-3,5H2,1H3. The van der Waals surface area contributed by atoms with Crippen LogP contribution in [0, 0.1) is 5.41 Å². The second-order valence-electron chi connectivity index (χ2n) is 4.21. The highest BCUT2D eigenvalue weighted by Gasteiger charge is 2.48. The molecule has 2 heterocycles. The summed E-state index contributed by atoms with van der Waals surface area (Å²) in [5.74, 6) is -0.551. The Bertz CT molecular complexity index is 475. The summed E-state index contributed by atoms with van der Waals surface area (Å²) in [5.41, 5.74) is -0.156. The van der Waals surface area contributed by atoms with Crippen LogP contribution in [0.5, 0.6) is 0 Å². The molecule has 1 atom stereocenters. The zero-order chi connectivity index (χ0) is 12.5. The molecular weight excluding hydrogens is 286 g/mol. The van der Waals surface area contributed by atoms with E-state index in [-0.39, 0.29) is 5.78 Å². The van der Waals surface area contributed by atoms with Gasteiger partial charge in [0, 0.05) is 23.3 Å². The van der Waals surface area contributed by atoms with Crippen LogP contribution in [0.2, 0.25) is 0 Å². The van der Waals surface area contributed by atoms with E-state index >= 15 is 0 Å². The lowest BCUT2D eigenvalue weighted by Crippen LogP contribution is -2.36. The molecule has 0 saturated carbocycles. The van der Waals surface area contributed by atoms with Crippen molar-refractivity contribution in [1.82, 2.24) is 4.98 Å². The largest absolute Gasteiger partial charge is 0.465 e. The predicted octanol–water partition coefficient (Wildman–Crippen LogP) is 1.91. The molecule has 1 fully saturated rings. The lowest BCUT2D eigenvalue weighted by Gasteiger charge is -2.21. The van der Waals surface area contributed by atoms with E-state index in [2.05, 4.69) is 20.9 Å². The Labute approximate surface area is 108 Å². The number of pyridine rings is 1. The molecule has 0 spiro atoms. The number of hydrogen-bond donors (Lipinski definition) is 0. The van der Waals surface area contributed by atoms with Gasteiger partial charge in [0.05, 0.1) is 6.61 Å². The molecule has 1 saturated heterocycles. The minimum Gasteiger partial charge on any atom is -0.465 e. The number of hydrogen-bond acceptors (Lipinski definition) is 4. The zero-order valence-corrected chi connectivity index (χ0v) is 11.0. The molecule has 0 aromatic carbocycles. The molecule has 0 N–H and O–H groups in total. The molecule has 1 aliphatic heterocycles. The van der Waals surface area contributed by atoms with Crippen LogP contribution in [-0.2, 0) is 20.7 Å². The van der Waals surface area contributed by atoms with Crippen LogP contribution in [0.3, 0.4) is 0 Å². The third kappa shape index (κ3) is 2.24. The fourth-order valence-electron chi connectivity index (χ4n) is 2.06. The maximum absolute atomic E-state index is 11.8. The number of ketones is 1. The molecule has 0 amide bonds. The van der Waals surface area contributed by atoms with E-state index in [4.69, 9.17) is 4.74 Å². The van der Waals surface area contributed by atoms with Crippen LogP contribution in [0.25, 0.3) is 0 Å². The molecule has 0 aliphatic carbocycles. The molecule has 1 aliphatic rings. The van der Waals surface area contributed by atoms with Gasteiger partial charge >= 0.3 is 5.97 Å². The van der Waals surface area contributed by atoms with Crippen molar-refractivity contribution >= 4 is 27.7 Å². The van der Waals surface area contributed by atoms with Crippen LogP contribution >= 0.6 is 15.9 Å². The third-order valence-corrected chi connectivity index (χ3v) is 3.53. The van der Waals surface area contributed by atoms with Crippen molar-refractivity contribution in [1.29, 1.82) is 0 Å². The van der Waals surface area contributed by atoms with E-state index in [1.54, 1.807) is 12.4 Å². The number of carbonyl (C=O) groups excluding carboxylic acids is 2. The number of Topliss-reactive ketones (excluding diaryl/α,β-unsaturated/α-hetero) is 1. The summed E-state index contributed by atoms with van der Waals surface area (Å²) in [4.78, 5) is 27.5. The minimum absolute atomic E-state index is 0.139. The van der Waals surface area contributed by atoms with Crippen molar-refractivity contribution in [2.24, 2.45) is 5.41 Å². The quantitative estimate of drug-likeness (QED) is 0.632. The summed E-state index contributed by atoms with van der Waals surface area (Å²) >= 11 is 3.32. The maximum Gasteiger partial charge on any atom is 0.320 e. The average molecular weight is 298 g/mol. The monoisotopic (exact) mass is 297 g/mol. The summed E-state index contributed by atoms with van der Waals surface area (Å²) < 4.78 is 5.77. The molecule has 90 valence electrons. The molecule has 1 unspecified atom stereocenters. The molecule has 0 bridgehead atoms. The van der Waals surface area contributed by atoms with Gasteiger partial charge in [0.15, 0.2) is 0 Å². The van der Waals surface area contributed by atoms with Crippen LogP contribution in [0.15, 0.2) is 22.9 Å². The SMILES string of the molecule is CC(=O)C1(Cc2cncc(Br)c2)CCOC1=O. The number of carbonyl (C=O) groups is 2. The Kier molecular flexibility index (Phi) is 3.28. The highest BCUT2D eigenvalue weighted by molar-refractivity contribution is 9.10. The molecule has 5 heteroatoms. The Balaban J connectivity index is 2.31. The highest BCUT2D eigenvalue weighted by Crippen LogP contribution is 2.35. The van der Waals surface area contributed by atoms with Crippen molar-refractivity contribution in [2.75, 3.05) is 6.61 Å². The van der Waals surface area contributed by atoms with Crippen LogP contribution in [-0.4, -0.2) is 23.3 Å².